The van der Waals surface area contributed by atoms with E-state index in [2.05, 4.69) is 9.88 Å². The Kier molecular flexibility index (Phi) is 4.82. The van der Waals surface area contributed by atoms with E-state index < -0.39 is 11.3 Å². The fourth-order valence-corrected chi connectivity index (χ4v) is 4.11. The Labute approximate surface area is 143 Å². The molecule has 2 heterocycles. The number of nitrogens with zero attached hydrogens (tertiary/aromatic N) is 2. The summed E-state index contributed by atoms with van der Waals surface area (Å²) >= 11 is 1.36. The van der Waals surface area contributed by atoms with Crippen molar-refractivity contribution in [3.63, 3.8) is 0 Å². The van der Waals surface area contributed by atoms with Crippen LogP contribution in [0.5, 0.6) is 0 Å². The van der Waals surface area contributed by atoms with Gasteiger partial charge in [0.1, 0.15) is 11.5 Å². The van der Waals surface area contributed by atoms with E-state index >= 15 is 0 Å². The van der Waals surface area contributed by atoms with E-state index in [1.165, 1.54) is 17.4 Å². The van der Waals surface area contributed by atoms with Gasteiger partial charge in [0.25, 0.3) is 5.91 Å². The van der Waals surface area contributed by atoms with Crippen molar-refractivity contribution in [2.24, 2.45) is 11.1 Å². The van der Waals surface area contributed by atoms with Crippen LogP contribution in [0.3, 0.4) is 0 Å². The summed E-state index contributed by atoms with van der Waals surface area (Å²) in [5.41, 5.74) is 5.71. The number of aliphatic hydroxyl groups is 1. The topological polar surface area (TPSA) is 79.5 Å². The van der Waals surface area contributed by atoms with Crippen molar-refractivity contribution in [2.45, 2.75) is 19.3 Å². The van der Waals surface area contributed by atoms with E-state index in [-0.39, 0.29) is 18.1 Å². The first-order chi connectivity index (χ1) is 11.5. The third-order valence-corrected chi connectivity index (χ3v) is 5.44. The zero-order chi connectivity index (χ0) is 17.2. The van der Waals surface area contributed by atoms with Gasteiger partial charge in [-0.3, -0.25) is 4.79 Å². The van der Waals surface area contributed by atoms with Gasteiger partial charge in [0.2, 0.25) is 0 Å². The average molecular weight is 349 g/mol. The molecule has 128 valence electrons. The molecule has 0 unspecified atom stereocenters. The normalized spacial score (nSPS) is 21.0. The van der Waals surface area contributed by atoms with Crippen LogP contribution in [0.2, 0.25) is 0 Å². The van der Waals surface area contributed by atoms with Crippen LogP contribution in [-0.2, 0) is 6.42 Å². The minimum atomic E-state index is -0.547. The van der Waals surface area contributed by atoms with Crippen LogP contribution in [0.1, 0.15) is 28.9 Å². The van der Waals surface area contributed by atoms with Crippen molar-refractivity contribution in [3.8, 4) is 0 Å². The number of aliphatic hydroxyl groups excluding tert-OH is 1. The number of thiazole rings is 1. The number of piperidine rings is 1. The SMILES string of the molecule is NC(=O)c1csc(N2CCC[C@](CO)(Cc3ccccc3F)C2)n1. The number of nitrogens with two attached hydrogens (primary N) is 1. The number of anilines is 1. The first-order valence-electron chi connectivity index (χ1n) is 7.87. The van der Waals surface area contributed by atoms with Crippen molar-refractivity contribution >= 4 is 22.4 Å². The fraction of sp³-hybridized carbons (Fsp3) is 0.412. The van der Waals surface area contributed by atoms with E-state index in [1.807, 2.05) is 6.07 Å². The molecule has 1 fully saturated rings. The highest BCUT2D eigenvalue weighted by molar-refractivity contribution is 7.13. The average Bonchev–Trinajstić information content (AvgIpc) is 3.08. The summed E-state index contributed by atoms with van der Waals surface area (Å²) in [6.07, 6.45) is 2.17. The number of carbonyl (C=O) groups excluding carboxylic acids is 1. The highest BCUT2D eigenvalue weighted by Gasteiger charge is 2.36. The molecule has 2 aromatic rings. The van der Waals surface area contributed by atoms with Gasteiger partial charge in [0, 0.05) is 23.9 Å². The number of amides is 1. The van der Waals surface area contributed by atoms with Gasteiger partial charge >= 0.3 is 0 Å². The van der Waals surface area contributed by atoms with E-state index in [0.29, 0.717) is 18.5 Å². The highest BCUT2D eigenvalue weighted by atomic mass is 32.1. The number of rotatable bonds is 5. The first-order valence-corrected chi connectivity index (χ1v) is 8.75. The molecule has 1 amide bonds. The van der Waals surface area contributed by atoms with Gasteiger partial charge in [-0.1, -0.05) is 18.2 Å². The van der Waals surface area contributed by atoms with Crippen LogP contribution in [0, 0.1) is 11.2 Å². The molecule has 1 aliphatic rings. The lowest BCUT2D eigenvalue weighted by atomic mass is 9.76. The molecule has 3 N–H and O–H groups in total. The molecule has 3 rings (SSSR count). The number of carbonyl (C=O) groups is 1. The van der Waals surface area contributed by atoms with Crippen LogP contribution in [0.25, 0.3) is 0 Å². The first kappa shape index (κ1) is 16.9. The van der Waals surface area contributed by atoms with Crippen LogP contribution >= 0.6 is 11.3 Å². The molecule has 1 aromatic heterocycles. The number of benzene rings is 1. The second-order valence-electron chi connectivity index (χ2n) is 6.33. The van der Waals surface area contributed by atoms with Gasteiger partial charge in [-0.25, -0.2) is 9.37 Å². The zero-order valence-corrected chi connectivity index (χ0v) is 14.1. The molecule has 0 spiro atoms. The molecule has 0 aliphatic carbocycles. The zero-order valence-electron chi connectivity index (χ0n) is 13.2. The van der Waals surface area contributed by atoms with Crippen molar-refractivity contribution in [1.29, 1.82) is 0 Å². The van der Waals surface area contributed by atoms with Gasteiger partial charge < -0.3 is 15.7 Å². The van der Waals surface area contributed by atoms with Gasteiger partial charge in [-0.05, 0) is 30.9 Å². The van der Waals surface area contributed by atoms with E-state index in [9.17, 15) is 14.3 Å². The predicted molar refractivity (Wildman–Crippen MR) is 91.7 cm³/mol. The Morgan fingerprint density at radius 3 is 2.92 bits per heavy atom. The molecule has 7 heteroatoms. The van der Waals surface area contributed by atoms with Gasteiger partial charge in [0.05, 0.1) is 6.61 Å². The largest absolute Gasteiger partial charge is 0.396 e. The molecule has 1 aliphatic heterocycles. The second kappa shape index (κ2) is 6.86. The Morgan fingerprint density at radius 2 is 2.25 bits per heavy atom. The summed E-state index contributed by atoms with van der Waals surface area (Å²) in [6, 6.07) is 6.68. The predicted octanol–water partition coefficient (Wildman–Crippen LogP) is 2.20. The minimum Gasteiger partial charge on any atom is -0.396 e. The Morgan fingerprint density at radius 1 is 1.46 bits per heavy atom. The number of hydrogen-bond donors (Lipinski definition) is 2. The van der Waals surface area contributed by atoms with Crippen molar-refractivity contribution in [2.75, 3.05) is 24.6 Å². The lowest BCUT2D eigenvalue weighted by Gasteiger charge is -2.42. The van der Waals surface area contributed by atoms with Gasteiger partial charge in [-0.15, -0.1) is 11.3 Å². The summed E-state index contributed by atoms with van der Waals surface area (Å²) < 4.78 is 14.0. The monoisotopic (exact) mass is 349 g/mol. The van der Waals surface area contributed by atoms with Gasteiger partial charge in [-0.2, -0.15) is 0 Å². The molecular weight excluding hydrogens is 329 g/mol. The number of primary amides is 1. The number of hydrogen-bond acceptors (Lipinski definition) is 5. The summed E-state index contributed by atoms with van der Waals surface area (Å²) in [6.45, 7) is 1.35. The minimum absolute atomic E-state index is 0.0219. The van der Waals surface area contributed by atoms with Crippen LogP contribution in [0.15, 0.2) is 29.6 Å². The molecule has 1 atom stereocenters. The maximum absolute atomic E-state index is 14.0. The molecular formula is C17H20FN3O2S. The number of aromatic nitrogens is 1. The summed E-state index contributed by atoms with van der Waals surface area (Å²) in [5, 5.41) is 12.4. The van der Waals surface area contributed by atoms with E-state index in [0.717, 1.165) is 24.5 Å². The fourth-order valence-electron chi connectivity index (χ4n) is 3.27. The molecule has 1 saturated heterocycles. The maximum atomic E-state index is 14.0. The number of halogens is 1. The molecule has 0 radical (unpaired) electrons. The van der Waals surface area contributed by atoms with E-state index in [4.69, 9.17) is 5.73 Å². The van der Waals surface area contributed by atoms with Crippen LogP contribution in [-0.4, -0.2) is 35.7 Å². The summed E-state index contributed by atoms with van der Waals surface area (Å²) in [7, 11) is 0. The lowest BCUT2D eigenvalue weighted by Crippen LogP contribution is -2.47. The van der Waals surface area contributed by atoms with Crippen molar-refractivity contribution < 1.29 is 14.3 Å². The highest BCUT2D eigenvalue weighted by Crippen LogP contribution is 2.36. The molecule has 24 heavy (non-hydrogen) atoms. The molecule has 5 nitrogen and oxygen atoms in total. The Hall–Kier alpha value is -1.99. The lowest BCUT2D eigenvalue weighted by molar-refractivity contribution is 0.0995. The van der Waals surface area contributed by atoms with Crippen molar-refractivity contribution in [1.82, 2.24) is 4.98 Å². The third-order valence-electron chi connectivity index (χ3n) is 4.54. The molecule has 1 aromatic carbocycles. The summed E-state index contributed by atoms with van der Waals surface area (Å²) in [4.78, 5) is 17.6. The van der Waals surface area contributed by atoms with Crippen molar-refractivity contribution in [3.05, 3.63) is 46.7 Å². The molecule has 0 saturated carbocycles. The van der Waals surface area contributed by atoms with Crippen LogP contribution in [0.4, 0.5) is 9.52 Å². The van der Waals surface area contributed by atoms with Crippen LogP contribution < -0.4 is 10.6 Å². The standard InChI is InChI=1S/C17H20FN3O2S/c18-13-5-2-1-4-12(13)8-17(11-22)6-3-7-21(10-17)16-20-14(9-24-16)15(19)23/h1-2,4-5,9,22H,3,6-8,10-11H2,(H2,19,23)/t17-/m0/s1. The maximum Gasteiger partial charge on any atom is 0.268 e. The quantitative estimate of drug-likeness (QED) is 0.867. The summed E-state index contributed by atoms with van der Waals surface area (Å²) in [5.74, 6) is -0.790. The Bertz CT molecular complexity index is 736. The van der Waals surface area contributed by atoms with Gasteiger partial charge in [0.15, 0.2) is 5.13 Å². The smallest absolute Gasteiger partial charge is 0.268 e. The Balaban J connectivity index is 1.81. The molecule has 0 bridgehead atoms. The second-order valence-corrected chi connectivity index (χ2v) is 7.17. The third kappa shape index (κ3) is 3.42. The van der Waals surface area contributed by atoms with E-state index in [1.54, 1.807) is 17.5 Å².